The molecule has 0 aromatic heterocycles. The number of halogens is 5. The second-order valence-corrected chi connectivity index (χ2v) is 6.01. The number of amides is 1. The fourth-order valence-electron chi connectivity index (χ4n) is 2.68. The quantitative estimate of drug-likeness (QED) is 0.493. The topological polar surface area (TPSA) is 72.2 Å². The molecule has 0 aliphatic heterocycles. The molecule has 0 spiro atoms. The van der Waals surface area contributed by atoms with Crippen LogP contribution >= 0.6 is 11.6 Å². The number of rotatable bonds is 3. The molecule has 0 atom stereocenters. The summed E-state index contributed by atoms with van der Waals surface area (Å²) in [5, 5.41) is 12.9. The lowest BCUT2D eigenvalue weighted by Gasteiger charge is -2.30. The third kappa shape index (κ3) is 4.14. The lowest BCUT2D eigenvalue weighted by atomic mass is 9.85. The number of nitro groups is 1. The molecule has 0 unspecified atom stereocenters. The SMILES string of the molecule is O=C(NC1CCC(C(F)(F)F)CC1)c1cc([N+](=O)[O-])c(F)cc1Cl. The third-order valence-corrected chi connectivity index (χ3v) is 4.32. The Bertz CT molecular complexity index is 658. The van der Waals surface area contributed by atoms with Gasteiger partial charge in [-0.2, -0.15) is 17.6 Å². The predicted molar refractivity (Wildman–Crippen MR) is 77.3 cm³/mol. The van der Waals surface area contributed by atoms with Crippen molar-refractivity contribution < 1.29 is 27.3 Å². The number of nitrogens with one attached hydrogen (secondary N) is 1. The molecule has 132 valence electrons. The molecule has 5 nitrogen and oxygen atoms in total. The molecule has 0 heterocycles. The number of benzene rings is 1. The molecule has 1 aromatic rings. The number of nitrogens with zero attached hydrogens (tertiary/aromatic N) is 1. The van der Waals surface area contributed by atoms with Crippen LogP contribution in [0.15, 0.2) is 12.1 Å². The molecule has 1 aliphatic rings. The van der Waals surface area contributed by atoms with Crippen LogP contribution in [-0.2, 0) is 0 Å². The summed E-state index contributed by atoms with van der Waals surface area (Å²) in [7, 11) is 0. The maximum atomic E-state index is 13.4. The van der Waals surface area contributed by atoms with Gasteiger partial charge in [0.25, 0.3) is 5.91 Å². The zero-order chi connectivity index (χ0) is 18.1. The second kappa shape index (κ2) is 6.92. The van der Waals surface area contributed by atoms with Crippen LogP contribution in [0.25, 0.3) is 0 Å². The van der Waals surface area contributed by atoms with Gasteiger partial charge in [0.05, 0.1) is 21.4 Å². The zero-order valence-corrected chi connectivity index (χ0v) is 13.0. The Kier molecular flexibility index (Phi) is 5.32. The summed E-state index contributed by atoms with van der Waals surface area (Å²) in [5.41, 5.74) is -1.19. The Hall–Kier alpha value is -1.90. The van der Waals surface area contributed by atoms with Crippen molar-refractivity contribution in [1.82, 2.24) is 5.32 Å². The van der Waals surface area contributed by atoms with Gasteiger partial charge in [-0.25, -0.2) is 0 Å². The van der Waals surface area contributed by atoms with Gasteiger partial charge in [-0.3, -0.25) is 14.9 Å². The molecule has 24 heavy (non-hydrogen) atoms. The molecule has 0 bridgehead atoms. The van der Waals surface area contributed by atoms with Crippen LogP contribution in [0.1, 0.15) is 36.0 Å². The first-order valence-electron chi connectivity index (χ1n) is 7.10. The van der Waals surface area contributed by atoms with Crippen LogP contribution < -0.4 is 5.32 Å². The molecule has 1 N–H and O–H groups in total. The maximum absolute atomic E-state index is 13.4. The van der Waals surface area contributed by atoms with Crippen molar-refractivity contribution in [2.75, 3.05) is 0 Å². The number of hydrogen-bond donors (Lipinski definition) is 1. The van der Waals surface area contributed by atoms with Gasteiger partial charge in [0.1, 0.15) is 0 Å². The van der Waals surface area contributed by atoms with Gasteiger partial charge in [-0.1, -0.05) is 11.6 Å². The van der Waals surface area contributed by atoms with E-state index in [0.29, 0.717) is 12.1 Å². The molecule has 1 amide bonds. The number of carbonyl (C=O) groups excluding carboxylic acids is 1. The van der Waals surface area contributed by atoms with Gasteiger partial charge in [0.2, 0.25) is 5.82 Å². The first-order valence-corrected chi connectivity index (χ1v) is 7.48. The minimum Gasteiger partial charge on any atom is -0.349 e. The van der Waals surface area contributed by atoms with E-state index < -0.39 is 40.5 Å². The van der Waals surface area contributed by atoms with Gasteiger partial charge < -0.3 is 5.32 Å². The van der Waals surface area contributed by atoms with Crippen molar-refractivity contribution in [2.45, 2.75) is 37.9 Å². The highest BCUT2D eigenvalue weighted by atomic mass is 35.5. The Morgan fingerprint density at radius 2 is 1.83 bits per heavy atom. The Morgan fingerprint density at radius 3 is 2.33 bits per heavy atom. The average Bonchev–Trinajstić information content (AvgIpc) is 2.46. The molecule has 1 fully saturated rings. The van der Waals surface area contributed by atoms with Crippen LogP contribution in [0.4, 0.5) is 23.2 Å². The minimum atomic E-state index is -4.25. The summed E-state index contributed by atoms with van der Waals surface area (Å²) >= 11 is 5.73. The summed E-state index contributed by atoms with van der Waals surface area (Å²) < 4.78 is 51.2. The summed E-state index contributed by atoms with van der Waals surface area (Å²) in [5.74, 6) is -3.34. The molecular formula is C14H13ClF4N2O3. The van der Waals surface area contributed by atoms with Crippen molar-refractivity contribution in [1.29, 1.82) is 0 Å². The number of alkyl halides is 3. The van der Waals surface area contributed by atoms with Gasteiger partial charge in [-0.05, 0) is 25.7 Å². The van der Waals surface area contributed by atoms with Crippen molar-refractivity contribution >= 4 is 23.2 Å². The molecular weight excluding hydrogens is 356 g/mol. The van der Waals surface area contributed by atoms with E-state index in [1.807, 2.05) is 0 Å². The molecule has 10 heteroatoms. The first kappa shape index (κ1) is 18.4. The van der Waals surface area contributed by atoms with Crippen molar-refractivity contribution in [3.05, 3.63) is 38.7 Å². The largest absolute Gasteiger partial charge is 0.391 e. The van der Waals surface area contributed by atoms with E-state index in [-0.39, 0.29) is 36.3 Å². The first-order chi connectivity index (χ1) is 11.1. The maximum Gasteiger partial charge on any atom is 0.391 e. The summed E-state index contributed by atoms with van der Waals surface area (Å²) in [4.78, 5) is 21.9. The normalized spacial score (nSPS) is 21.4. The van der Waals surface area contributed by atoms with Crippen molar-refractivity contribution in [3.63, 3.8) is 0 Å². The molecule has 1 aliphatic carbocycles. The molecule has 0 radical (unpaired) electrons. The Balaban J connectivity index is 2.06. The smallest absolute Gasteiger partial charge is 0.349 e. The van der Waals surface area contributed by atoms with E-state index in [1.165, 1.54) is 0 Å². The Labute approximate surface area is 139 Å². The van der Waals surface area contributed by atoms with E-state index >= 15 is 0 Å². The van der Waals surface area contributed by atoms with E-state index in [2.05, 4.69) is 5.32 Å². The molecule has 1 saturated carbocycles. The fourth-order valence-corrected chi connectivity index (χ4v) is 2.92. The lowest BCUT2D eigenvalue weighted by Crippen LogP contribution is -2.40. The van der Waals surface area contributed by atoms with Gasteiger partial charge in [-0.15, -0.1) is 0 Å². The van der Waals surface area contributed by atoms with Gasteiger partial charge in [0.15, 0.2) is 0 Å². The highest BCUT2D eigenvalue weighted by Gasteiger charge is 2.41. The Morgan fingerprint density at radius 1 is 1.25 bits per heavy atom. The summed E-state index contributed by atoms with van der Waals surface area (Å²) in [6.07, 6.45) is -4.19. The van der Waals surface area contributed by atoms with Gasteiger partial charge in [0, 0.05) is 18.2 Å². The number of hydrogen-bond acceptors (Lipinski definition) is 3. The van der Waals surface area contributed by atoms with E-state index in [0.717, 1.165) is 0 Å². The van der Waals surface area contributed by atoms with Crippen LogP contribution in [0.5, 0.6) is 0 Å². The van der Waals surface area contributed by atoms with Crippen LogP contribution in [0.3, 0.4) is 0 Å². The predicted octanol–water partition coefficient (Wildman–Crippen LogP) is 4.24. The van der Waals surface area contributed by atoms with Gasteiger partial charge >= 0.3 is 11.9 Å². The summed E-state index contributed by atoms with van der Waals surface area (Å²) in [6, 6.07) is 0.889. The van der Waals surface area contributed by atoms with E-state index in [1.54, 1.807) is 0 Å². The van der Waals surface area contributed by atoms with Crippen molar-refractivity contribution in [2.24, 2.45) is 5.92 Å². The third-order valence-electron chi connectivity index (χ3n) is 4.00. The van der Waals surface area contributed by atoms with Crippen molar-refractivity contribution in [3.8, 4) is 0 Å². The second-order valence-electron chi connectivity index (χ2n) is 5.60. The number of nitro benzene ring substituents is 1. The summed E-state index contributed by atoms with van der Waals surface area (Å²) in [6.45, 7) is 0. The molecule has 0 saturated heterocycles. The minimum absolute atomic E-state index is 0.105. The standard InChI is InChI=1S/C14H13ClF4N2O3/c15-10-6-11(16)12(21(23)24)5-9(10)13(22)20-8-3-1-7(2-4-8)14(17,18)19/h5-8H,1-4H2,(H,20,22). The zero-order valence-electron chi connectivity index (χ0n) is 12.2. The highest BCUT2D eigenvalue weighted by Crippen LogP contribution is 2.37. The fraction of sp³-hybridized carbons (Fsp3) is 0.500. The number of carbonyl (C=O) groups is 1. The lowest BCUT2D eigenvalue weighted by molar-refractivity contribution is -0.387. The highest BCUT2D eigenvalue weighted by molar-refractivity contribution is 6.34. The van der Waals surface area contributed by atoms with E-state index in [4.69, 9.17) is 11.6 Å². The van der Waals surface area contributed by atoms with Crippen LogP contribution in [0.2, 0.25) is 5.02 Å². The van der Waals surface area contributed by atoms with Crippen LogP contribution in [-0.4, -0.2) is 23.0 Å². The molecule has 1 aromatic carbocycles. The average molecular weight is 369 g/mol. The van der Waals surface area contributed by atoms with Crippen LogP contribution in [0, 0.1) is 21.8 Å². The monoisotopic (exact) mass is 368 g/mol. The van der Waals surface area contributed by atoms with E-state index in [9.17, 15) is 32.5 Å². The molecule has 2 rings (SSSR count).